The quantitative estimate of drug-likeness (QED) is 0.569. The Bertz CT molecular complexity index is 950. The number of hydrogen-bond acceptors (Lipinski definition) is 4. The maximum atomic E-state index is 11.8. The van der Waals surface area contributed by atoms with Crippen LogP contribution in [0.2, 0.25) is 0 Å². The maximum Gasteiger partial charge on any atom is 0.315 e. The molecule has 6 heteroatoms. The van der Waals surface area contributed by atoms with Gasteiger partial charge in [0.25, 0.3) is 0 Å². The molecule has 0 fully saturated rings. The molecule has 2 aliphatic rings. The van der Waals surface area contributed by atoms with E-state index in [2.05, 4.69) is 33.4 Å². The predicted octanol–water partition coefficient (Wildman–Crippen LogP) is 4.99. The van der Waals surface area contributed by atoms with E-state index in [1.807, 2.05) is 32.0 Å². The second-order valence-electron chi connectivity index (χ2n) is 6.93. The Labute approximate surface area is 154 Å². The van der Waals surface area contributed by atoms with E-state index < -0.39 is 5.41 Å². The number of rotatable bonds is 2. The van der Waals surface area contributed by atoms with Crippen LogP contribution in [-0.4, -0.2) is 18.1 Å². The smallest absolute Gasteiger partial charge is 0.315 e. The molecule has 0 radical (unpaired) electrons. The standard InChI is InChI=1S/C19H17BrN2O3/c1-19(2)16-10(4-7-15(25-3)17(16)22(23)24)8-13-12-6-5-11(20)9-14(12)21-18(13)19/h4-9,18,21H,1-3H3. The van der Waals surface area contributed by atoms with Gasteiger partial charge in [-0.05, 0) is 35.4 Å². The van der Waals surface area contributed by atoms with Gasteiger partial charge >= 0.3 is 5.69 Å². The van der Waals surface area contributed by atoms with Crippen LogP contribution in [0.4, 0.5) is 11.4 Å². The van der Waals surface area contributed by atoms with Gasteiger partial charge in [-0.1, -0.05) is 41.9 Å². The number of anilines is 1. The van der Waals surface area contributed by atoms with Crippen LogP contribution in [0.15, 0.2) is 34.8 Å². The van der Waals surface area contributed by atoms with E-state index in [0.717, 1.165) is 21.3 Å². The molecule has 1 N–H and O–H groups in total. The topological polar surface area (TPSA) is 64.4 Å². The SMILES string of the molecule is COc1ccc2c(c1[N+](=O)[O-])C(C)(C)C1Nc3cc(Br)ccc3C1=C2. The summed E-state index contributed by atoms with van der Waals surface area (Å²) in [7, 11) is 1.47. The molecule has 0 aromatic heterocycles. The summed E-state index contributed by atoms with van der Waals surface area (Å²) in [5.41, 5.74) is 4.53. The second-order valence-corrected chi connectivity index (χ2v) is 7.84. The van der Waals surface area contributed by atoms with Crippen LogP contribution in [-0.2, 0) is 5.41 Å². The third-order valence-corrected chi connectivity index (χ3v) is 5.65. The Balaban J connectivity index is 2.00. The van der Waals surface area contributed by atoms with Gasteiger partial charge in [0.15, 0.2) is 5.75 Å². The molecule has 4 rings (SSSR count). The Hall–Kier alpha value is -2.34. The fourth-order valence-electron chi connectivity index (χ4n) is 4.05. The number of fused-ring (bicyclic) bond motifs is 4. The molecule has 5 nitrogen and oxygen atoms in total. The fourth-order valence-corrected chi connectivity index (χ4v) is 4.41. The van der Waals surface area contributed by atoms with Crippen molar-refractivity contribution in [2.75, 3.05) is 12.4 Å². The first-order valence-corrected chi connectivity index (χ1v) is 8.78. The third-order valence-electron chi connectivity index (χ3n) is 5.16. The van der Waals surface area contributed by atoms with E-state index in [1.54, 1.807) is 6.07 Å². The summed E-state index contributed by atoms with van der Waals surface area (Å²) in [6, 6.07) is 9.69. The minimum absolute atomic E-state index is 0.0323. The Kier molecular flexibility index (Phi) is 3.44. The summed E-state index contributed by atoms with van der Waals surface area (Å²) < 4.78 is 6.27. The van der Waals surface area contributed by atoms with Gasteiger partial charge < -0.3 is 10.1 Å². The molecule has 25 heavy (non-hydrogen) atoms. The number of halogens is 1. The summed E-state index contributed by atoms with van der Waals surface area (Å²) in [4.78, 5) is 11.4. The Morgan fingerprint density at radius 1 is 1.28 bits per heavy atom. The largest absolute Gasteiger partial charge is 0.490 e. The van der Waals surface area contributed by atoms with Crippen molar-refractivity contribution in [2.24, 2.45) is 0 Å². The van der Waals surface area contributed by atoms with Crippen molar-refractivity contribution >= 4 is 39.0 Å². The molecule has 1 unspecified atom stereocenters. The zero-order valence-electron chi connectivity index (χ0n) is 14.1. The molecular weight excluding hydrogens is 384 g/mol. The van der Waals surface area contributed by atoms with Gasteiger partial charge in [0, 0.05) is 26.7 Å². The normalized spacial score (nSPS) is 19.2. The predicted molar refractivity (Wildman–Crippen MR) is 102 cm³/mol. The van der Waals surface area contributed by atoms with Crippen molar-refractivity contribution in [3.63, 3.8) is 0 Å². The summed E-state index contributed by atoms with van der Waals surface area (Å²) >= 11 is 3.51. The van der Waals surface area contributed by atoms with Crippen LogP contribution in [0, 0.1) is 10.1 Å². The first-order valence-electron chi connectivity index (χ1n) is 7.98. The number of nitrogens with one attached hydrogen (secondary N) is 1. The second kappa shape index (κ2) is 5.33. The van der Waals surface area contributed by atoms with E-state index in [-0.39, 0.29) is 16.7 Å². The molecule has 2 aromatic rings. The average molecular weight is 401 g/mol. The monoisotopic (exact) mass is 400 g/mol. The molecule has 2 aromatic carbocycles. The zero-order chi connectivity index (χ0) is 17.9. The zero-order valence-corrected chi connectivity index (χ0v) is 15.7. The van der Waals surface area contributed by atoms with Gasteiger partial charge in [-0.3, -0.25) is 10.1 Å². The van der Waals surface area contributed by atoms with Crippen molar-refractivity contribution < 1.29 is 9.66 Å². The lowest BCUT2D eigenvalue weighted by molar-refractivity contribution is -0.387. The number of ether oxygens (including phenoxy) is 1. The molecule has 0 spiro atoms. The first-order chi connectivity index (χ1) is 11.8. The van der Waals surface area contributed by atoms with Gasteiger partial charge in [0.05, 0.1) is 18.1 Å². The number of nitro groups is 1. The Morgan fingerprint density at radius 3 is 2.72 bits per heavy atom. The van der Waals surface area contributed by atoms with Crippen LogP contribution < -0.4 is 10.1 Å². The van der Waals surface area contributed by atoms with Gasteiger partial charge in [0.1, 0.15) is 0 Å². The van der Waals surface area contributed by atoms with Crippen LogP contribution >= 0.6 is 15.9 Å². The number of nitro benzene ring substituents is 1. The number of nitrogens with zero attached hydrogens (tertiary/aromatic N) is 1. The summed E-state index contributed by atoms with van der Waals surface area (Å²) in [6.07, 6.45) is 2.06. The van der Waals surface area contributed by atoms with Crippen LogP contribution in [0.3, 0.4) is 0 Å². The lowest BCUT2D eigenvalue weighted by Crippen LogP contribution is -2.40. The van der Waals surface area contributed by atoms with Crippen molar-refractivity contribution in [3.05, 3.63) is 61.6 Å². The van der Waals surface area contributed by atoms with Gasteiger partial charge in [-0.25, -0.2) is 0 Å². The van der Waals surface area contributed by atoms with Crippen LogP contribution in [0.25, 0.3) is 11.6 Å². The summed E-state index contributed by atoms with van der Waals surface area (Å²) in [5, 5.41) is 15.3. The van der Waals surface area contributed by atoms with Gasteiger partial charge in [-0.15, -0.1) is 0 Å². The highest BCUT2D eigenvalue weighted by Crippen LogP contribution is 2.53. The molecule has 1 heterocycles. The highest BCUT2D eigenvalue weighted by molar-refractivity contribution is 9.10. The third kappa shape index (κ3) is 2.20. The molecule has 0 bridgehead atoms. The lowest BCUT2D eigenvalue weighted by atomic mass is 9.68. The van der Waals surface area contributed by atoms with Crippen molar-refractivity contribution in [2.45, 2.75) is 25.3 Å². The number of hydrogen-bond donors (Lipinski definition) is 1. The lowest BCUT2D eigenvalue weighted by Gasteiger charge is -2.37. The van der Waals surface area contributed by atoms with Gasteiger partial charge in [0.2, 0.25) is 0 Å². The van der Waals surface area contributed by atoms with E-state index in [0.29, 0.717) is 11.3 Å². The van der Waals surface area contributed by atoms with Crippen molar-refractivity contribution in [3.8, 4) is 5.75 Å². The molecule has 0 amide bonds. The molecular formula is C19H17BrN2O3. The molecule has 0 saturated carbocycles. The molecule has 128 valence electrons. The van der Waals surface area contributed by atoms with E-state index in [4.69, 9.17) is 4.74 Å². The Morgan fingerprint density at radius 2 is 2.04 bits per heavy atom. The minimum atomic E-state index is -0.470. The molecule has 1 aliphatic carbocycles. The van der Waals surface area contributed by atoms with E-state index in [1.165, 1.54) is 12.7 Å². The highest BCUT2D eigenvalue weighted by Gasteiger charge is 2.47. The molecule has 1 aliphatic heterocycles. The maximum absolute atomic E-state index is 11.8. The molecule has 1 atom stereocenters. The number of benzene rings is 2. The van der Waals surface area contributed by atoms with Crippen LogP contribution in [0.5, 0.6) is 5.75 Å². The minimum Gasteiger partial charge on any atom is -0.490 e. The first kappa shape index (κ1) is 16.1. The highest BCUT2D eigenvalue weighted by atomic mass is 79.9. The average Bonchev–Trinajstić information content (AvgIpc) is 2.92. The van der Waals surface area contributed by atoms with E-state index >= 15 is 0 Å². The summed E-state index contributed by atoms with van der Waals surface area (Å²) in [6.45, 7) is 4.09. The summed E-state index contributed by atoms with van der Waals surface area (Å²) in [5.74, 6) is 0.298. The van der Waals surface area contributed by atoms with Gasteiger partial charge in [-0.2, -0.15) is 0 Å². The fraction of sp³-hybridized carbons (Fsp3) is 0.263. The van der Waals surface area contributed by atoms with Crippen molar-refractivity contribution in [1.29, 1.82) is 0 Å². The molecule has 0 saturated heterocycles. The van der Waals surface area contributed by atoms with Crippen molar-refractivity contribution in [1.82, 2.24) is 0 Å². The van der Waals surface area contributed by atoms with E-state index in [9.17, 15) is 10.1 Å². The number of methoxy groups -OCH3 is 1. The van der Waals surface area contributed by atoms with Crippen LogP contribution in [0.1, 0.15) is 30.5 Å².